The average molecular weight is 331 g/mol. The summed E-state index contributed by atoms with van der Waals surface area (Å²) >= 11 is 0. The zero-order valence-corrected chi connectivity index (χ0v) is 15.2. The number of benzene rings is 1. The van der Waals surface area contributed by atoms with E-state index in [9.17, 15) is 9.90 Å². The monoisotopic (exact) mass is 331 g/mol. The van der Waals surface area contributed by atoms with Gasteiger partial charge in [0.25, 0.3) is 0 Å². The van der Waals surface area contributed by atoms with Crippen molar-refractivity contribution in [3.8, 4) is 6.07 Å². The van der Waals surface area contributed by atoms with E-state index in [1.807, 2.05) is 35.2 Å². The molecule has 24 heavy (non-hydrogen) atoms. The molecule has 0 fully saturated rings. The van der Waals surface area contributed by atoms with Crippen LogP contribution in [0.4, 0.5) is 0 Å². The molecule has 0 radical (unpaired) electrons. The fourth-order valence-electron chi connectivity index (χ4n) is 2.54. The largest absolute Gasteiger partial charge is 0.387 e. The number of amides is 1. The summed E-state index contributed by atoms with van der Waals surface area (Å²) in [6, 6.07) is 11.5. The Hall–Kier alpha value is -1.90. The van der Waals surface area contributed by atoms with Gasteiger partial charge in [0.15, 0.2) is 0 Å². The standard InChI is InChI=1S/C19H29N3O2/c1-19(2,3)15-22(14-18(24)21(4)12-8-11-20)13-17(23)16-9-6-5-7-10-16/h5-7,9-10,17,23H,8,12-15H2,1-4H3. The first-order valence-corrected chi connectivity index (χ1v) is 8.29. The molecule has 1 unspecified atom stereocenters. The van der Waals surface area contributed by atoms with E-state index in [1.165, 1.54) is 0 Å². The van der Waals surface area contributed by atoms with Crippen molar-refractivity contribution >= 4 is 5.91 Å². The molecule has 0 saturated carbocycles. The Bertz CT molecular complexity index is 546. The van der Waals surface area contributed by atoms with Gasteiger partial charge in [-0.05, 0) is 11.0 Å². The minimum absolute atomic E-state index is 0.0158. The van der Waals surface area contributed by atoms with Crippen LogP contribution in [0.5, 0.6) is 0 Å². The lowest BCUT2D eigenvalue weighted by atomic mass is 9.95. The van der Waals surface area contributed by atoms with E-state index in [2.05, 4.69) is 26.8 Å². The first kappa shape index (κ1) is 20.1. The van der Waals surface area contributed by atoms with Crippen molar-refractivity contribution in [2.75, 3.05) is 33.2 Å². The number of hydrogen-bond donors (Lipinski definition) is 1. The Kier molecular flexibility index (Phi) is 7.90. The molecule has 0 aliphatic heterocycles. The van der Waals surface area contributed by atoms with Crippen LogP contribution in [0.25, 0.3) is 0 Å². The molecule has 0 heterocycles. The highest BCUT2D eigenvalue weighted by Crippen LogP contribution is 2.19. The van der Waals surface area contributed by atoms with Gasteiger partial charge in [0.1, 0.15) is 0 Å². The van der Waals surface area contributed by atoms with Gasteiger partial charge in [0, 0.05) is 26.7 Å². The van der Waals surface area contributed by atoms with Gasteiger partial charge in [0.2, 0.25) is 5.91 Å². The van der Waals surface area contributed by atoms with Crippen LogP contribution in [0, 0.1) is 16.7 Å². The van der Waals surface area contributed by atoms with Crippen molar-refractivity contribution in [1.29, 1.82) is 5.26 Å². The highest BCUT2D eigenvalue weighted by molar-refractivity contribution is 5.78. The second-order valence-electron chi connectivity index (χ2n) is 7.38. The SMILES string of the molecule is CN(CCC#N)C(=O)CN(CC(O)c1ccccc1)CC(C)(C)C. The Labute approximate surface area is 145 Å². The van der Waals surface area contributed by atoms with Gasteiger partial charge >= 0.3 is 0 Å². The average Bonchev–Trinajstić information content (AvgIpc) is 2.51. The summed E-state index contributed by atoms with van der Waals surface area (Å²) in [6.07, 6.45) is -0.306. The molecule has 1 rings (SSSR count). The number of aliphatic hydroxyl groups is 1. The zero-order valence-electron chi connectivity index (χ0n) is 15.2. The van der Waals surface area contributed by atoms with Gasteiger partial charge in [-0.2, -0.15) is 5.26 Å². The van der Waals surface area contributed by atoms with E-state index in [4.69, 9.17) is 5.26 Å². The summed E-state index contributed by atoms with van der Waals surface area (Å²) in [5, 5.41) is 19.1. The molecule has 0 aromatic heterocycles. The van der Waals surface area contributed by atoms with E-state index >= 15 is 0 Å². The van der Waals surface area contributed by atoms with Gasteiger partial charge in [-0.15, -0.1) is 0 Å². The number of carbonyl (C=O) groups excluding carboxylic acids is 1. The molecule has 1 atom stereocenters. The highest BCUT2D eigenvalue weighted by atomic mass is 16.3. The molecule has 0 aliphatic rings. The molecule has 0 spiro atoms. The van der Waals surface area contributed by atoms with Gasteiger partial charge < -0.3 is 10.0 Å². The third-order valence-corrected chi connectivity index (χ3v) is 3.66. The molecule has 132 valence electrons. The maximum atomic E-state index is 12.4. The summed E-state index contributed by atoms with van der Waals surface area (Å²) in [5.74, 6) is -0.0326. The van der Waals surface area contributed by atoms with Crippen LogP contribution in [-0.4, -0.2) is 54.0 Å². The van der Waals surface area contributed by atoms with Crippen molar-refractivity contribution in [1.82, 2.24) is 9.80 Å². The van der Waals surface area contributed by atoms with Crippen LogP contribution in [0.1, 0.15) is 38.9 Å². The third-order valence-electron chi connectivity index (χ3n) is 3.66. The lowest BCUT2D eigenvalue weighted by molar-refractivity contribution is -0.131. The summed E-state index contributed by atoms with van der Waals surface area (Å²) in [7, 11) is 1.71. The smallest absolute Gasteiger partial charge is 0.236 e. The quantitative estimate of drug-likeness (QED) is 0.794. The molecule has 1 amide bonds. The van der Waals surface area contributed by atoms with E-state index in [0.29, 0.717) is 26.1 Å². The maximum Gasteiger partial charge on any atom is 0.236 e. The predicted molar refractivity (Wildman–Crippen MR) is 95.2 cm³/mol. The topological polar surface area (TPSA) is 67.6 Å². The van der Waals surface area contributed by atoms with Crippen molar-refractivity contribution in [2.24, 2.45) is 5.41 Å². The second-order valence-corrected chi connectivity index (χ2v) is 7.38. The normalized spacial score (nSPS) is 12.7. The minimum Gasteiger partial charge on any atom is -0.387 e. The highest BCUT2D eigenvalue weighted by Gasteiger charge is 2.23. The van der Waals surface area contributed by atoms with Crippen molar-refractivity contribution in [2.45, 2.75) is 33.3 Å². The predicted octanol–water partition coefficient (Wildman–Crippen LogP) is 2.44. The third kappa shape index (κ3) is 7.58. The van der Waals surface area contributed by atoms with Crippen molar-refractivity contribution in [3.05, 3.63) is 35.9 Å². The molecule has 1 aromatic carbocycles. The van der Waals surface area contributed by atoms with Crippen LogP contribution < -0.4 is 0 Å². The minimum atomic E-state index is -0.634. The lowest BCUT2D eigenvalue weighted by Crippen LogP contribution is -2.43. The number of likely N-dealkylation sites (N-methyl/N-ethyl adjacent to an activating group) is 1. The molecule has 5 heteroatoms. The van der Waals surface area contributed by atoms with Crippen molar-refractivity contribution < 1.29 is 9.90 Å². The van der Waals surface area contributed by atoms with Crippen LogP contribution in [0.2, 0.25) is 0 Å². The van der Waals surface area contributed by atoms with Crippen LogP contribution in [0.15, 0.2) is 30.3 Å². The fourth-order valence-corrected chi connectivity index (χ4v) is 2.54. The summed E-state index contributed by atoms with van der Waals surface area (Å²) in [6.45, 7) is 8.10. The van der Waals surface area contributed by atoms with Gasteiger partial charge in [-0.3, -0.25) is 9.69 Å². The summed E-state index contributed by atoms with van der Waals surface area (Å²) in [5.41, 5.74) is 0.865. The van der Waals surface area contributed by atoms with E-state index < -0.39 is 6.10 Å². The van der Waals surface area contributed by atoms with E-state index in [0.717, 1.165) is 5.56 Å². The van der Waals surface area contributed by atoms with Gasteiger partial charge in [-0.25, -0.2) is 0 Å². The van der Waals surface area contributed by atoms with E-state index in [1.54, 1.807) is 11.9 Å². The number of carbonyl (C=O) groups is 1. The Morgan fingerprint density at radius 1 is 1.29 bits per heavy atom. The fraction of sp³-hybridized carbons (Fsp3) is 0.579. The number of rotatable bonds is 8. The zero-order chi connectivity index (χ0) is 18.2. The molecule has 5 nitrogen and oxygen atoms in total. The van der Waals surface area contributed by atoms with E-state index in [-0.39, 0.29) is 17.9 Å². The first-order valence-electron chi connectivity index (χ1n) is 8.29. The number of nitriles is 1. The first-order chi connectivity index (χ1) is 11.2. The van der Waals surface area contributed by atoms with Crippen LogP contribution in [-0.2, 0) is 4.79 Å². The molecule has 0 aliphatic carbocycles. The summed E-state index contributed by atoms with van der Waals surface area (Å²) < 4.78 is 0. The summed E-state index contributed by atoms with van der Waals surface area (Å²) in [4.78, 5) is 15.9. The molecule has 0 bridgehead atoms. The lowest BCUT2D eigenvalue weighted by Gasteiger charge is -2.32. The van der Waals surface area contributed by atoms with Crippen LogP contribution >= 0.6 is 0 Å². The molecular formula is C19H29N3O2. The second kappa shape index (κ2) is 9.41. The number of aliphatic hydroxyl groups excluding tert-OH is 1. The molecule has 0 saturated heterocycles. The Balaban J connectivity index is 2.73. The molecular weight excluding hydrogens is 302 g/mol. The van der Waals surface area contributed by atoms with Crippen LogP contribution in [0.3, 0.4) is 0 Å². The number of nitrogens with zero attached hydrogens (tertiary/aromatic N) is 3. The molecule has 1 aromatic rings. The molecule has 1 N–H and O–H groups in total. The van der Waals surface area contributed by atoms with Gasteiger partial charge in [0.05, 0.1) is 25.1 Å². The number of hydrogen-bond acceptors (Lipinski definition) is 4. The Morgan fingerprint density at radius 3 is 2.46 bits per heavy atom. The Morgan fingerprint density at radius 2 is 1.92 bits per heavy atom. The maximum absolute atomic E-state index is 12.4. The van der Waals surface area contributed by atoms with Gasteiger partial charge in [-0.1, -0.05) is 51.1 Å². The van der Waals surface area contributed by atoms with Crippen molar-refractivity contribution in [3.63, 3.8) is 0 Å².